The van der Waals surface area contributed by atoms with Crippen LogP contribution in [0.5, 0.6) is 0 Å². The van der Waals surface area contributed by atoms with Gasteiger partial charge in [0.25, 0.3) is 0 Å². The molecule has 0 saturated carbocycles. The fourth-order valence-corrected chi connectivity index (χ4v) is 2.81. The van der Waals surface area contributed by atoms with E-state index in [2.05, 4.69) is 10.2 Å². The fraction of sp³-hybridized carbons (Fsp3) is 0.533. The highest BCUT2D eigenvalue weighted by atomic mass is 35.5. The van der Waals surface area contributed by atoms with Crippen LogP contribution in [0.3, 0.4) is 0 Å². The van der Waals surface area contributed by atoms with Crippen LogP contribution in [0, 0.1) is 12.8 Å². The van der Waals surface area contributed by atoms with E-state index in [1.807, 2.05) is 25.1 Å². The zero-order chi connectivity index (χ0) is 16.3. The number of hydrogen-bond acceptors (Lipinski definition) is 2. The molecule has 7 heteroatoms. The van der Waals surface area contributed by atoms with E-state index in [0.29, 0.717) is 11.6 Å². The zero-order valence-electron chi connectivity index (χ0n) is 12.2. The van der Waals surface area contributed by atoms with Crippen molar-refractivity contribution in [3.05, 3.63) is 28.8 Å². The number of carbonyl (C=O) groups excluding carboxylic acids is 1. The number of halogens is 4. The molecule has 1 fully saturated rings. The zero-order valence-corrected chi connectivity index (χ0v) is 13.0. The minimum atomic E-state index is -4.45. The molecule has 2 rings (SSSR count). The standard InChI is InChI=1S/C15H18ClF3N2O/c1-10-2-3-12(16)6-13(10)21-5-4-11(9-21)8-20-14(22)7-15(17,18)19/h2-3,6,11H,4-5,7-9H2,1H3,(H,20,22)/t11-/m1/s1. The van der Waals surface area contributed by atoms with Gasteiger partial charge in [0, 0.05) is 30.3 Å². The minimum Gasteiger partial charge on any atom is -0.371 e. The van der Waals surface area contributed by atoms with E-state index in [9.17, 15) is 18.0 Å². The van der Waals surface area contributed by atoms with Crippen molar-refractivity contribution in [1.82, 2.24) is 5.32 Å². The number of anilines is 1. The third-order valence-corrected chi connectivity index (χ3v) is 3.98. The second kappa shape index (κ2) is 6.77. The molecule has 1 heterocycles. The second-order valence-corrected chi connectivity index (χ2v) is 6.06. The highest BCUT2D eigenvalue weighted by Gasteiger charge is 2.31. The molecule has 1 saturated heterocycles. The van der Waals surface area contributed by atoms with E-state index in [1.54, 1.807) is 0 Å². The van der Waals surface area contributed by atoms with Crippen molar-refractivity contribution in [3.63, 3.8) is 0 Å². The summed E-state index contributed by atoms with van der Waals surface area (Å²) in [5.41, 5.74) is 2.14. The average molecular weight is 335 g/mol. The normalized spacial score (nSPS) is 18.6. The quantitative estimate of drug-likeness (QED) is 0.913. The third-order valence-electron chi connectivity index (χ3n) is 3.75. The molecule has 1 aliphatic rings. The Kier molecular flexibility index (Phi) is 5.21. The van der Waals surface area contributed by atoms with Crippen molar-refractivity contribution in [2.75, 3.05) is 24.5 Å². The molecule has 1 N–H and O–H groups in total. The number of nitrogens with one attached hydrogen (secondary N) is 1. The maximum atomic E-state index is 12.1. The number of amides is 1. The first-order valence-corrected chi connectivity index (χ1v) is 7.47. The Labute approximate surface area is 132 Å². The molecular weight excluding hydrogens is 317 g/mol. The Morgan fingerprint density at radius 1 is 1.45 bits per heavy atom. The largest absolute Gasteiger partial charge is 0.397 e. The van der Waals surface area contributed by atoms with E-state index in [1.165, 1.54) is 0 Å². The van der Waals surface area contributed by atoms with Crippen molar-refractivity contribution in [2.24, 2.45) is 5.92 Å². The number of alkyl halides is 3. The number of hydrogen-bond donors (Lipinski definition) is 1. The molecule has 0 unspecified atom stereocenters. The van der Waals surface area contributed by atoms with Gasteiger partial charge in [0.1, 0.15) is 6.42 Å². The van der Waals surface area contributed by atoms with Crippen LogP contribution in [-0.4, -0.2) is 31.7 Å². The first-order valence-electron chi connectivity index (χ1n) is 7.09. The van der Waals surface area contributed by atoms with Gasteiger partial charge in [-0.15, -0.1) is 0 Å². The monoisotopic (exact) mass is 334 g/mol. The van der Waals surface area contributed by atoms with Gasteiger partial charge in [0.2, 0.25) is 5.91 Å². The Morgan fingerprint density at radius 2 is 2.18 bits per heavy atom. The lowest BCUT2D eigenvalue weighted by molar-refractivity contribution is -0.153. The van der Waals surface area contributed by atoms with E-state index < -0.39 is 18.5 Å². The Morgan fingerprint density at radius 3 is 2.86 bits per heavy atom. The Bertz CT molecular complexity index is 548. The van der Waals surface area contributed by atoms with Crippen LogP contribution in [-0.2, 0) is 4.79 Å². The first kappa shape index (κ1) is 16.9. The summed E-state index contributed by atoms with van der Waals surface area (Å²) in [5.74, 6) is -0.819. The summed E-state index contributed by atoms with van der Waals surface area (Å²) in [6, 6.07) is 5.66. The van der Waals surface area contributed by atoms with Crippen molar-refractivity contribution < 1.29 is 18.0 Å². The maximum absolute atomic E-state index is 12.1. The van der Waals surface area contributed by atoms with Gasteiger partial charge in [-0.05, 0) is 37.0 Å². The summed E-state index contributed by atoms with van der Waals surface area (Å²) in [7, 11) is 0. The molecule has 0 aromatic heterocycles. The van der Waals surface area contributed by atoms with Crippen LogP contribution in [0.4, 0.5) is 18.9 Å². The summed E-state index contributed by atoms with van der Waals surface area (Å²) >= 11 is 6.01. The van der Waals surface area contributed by atoms with Crippen molar-refractivity contribution >= 4 is 23.2 Å². The smallest absolute Gasteiger partial charge is 0.371 e. The van der Waals surface area contributed by atoms with Gasteiger partial charge in [-0.3, -0.25) is 4.79 Å². The van der Waals surface area contributed by atoms with Crippen LogP contribution >= 0.6 is 11.6 Å². The lowest BCUT2D eigenvalue weighted by atomic mass is 10.1. The summed E-state index contributed by atoms with van der Waals surface area (Å²) in [4.78, 5) is 13.4. The van der Waals surface area contributed by atoms with E-state index >= 15 is 0 Å². The fourth-order valence-electron chi connectivity index (χ4n) is 2.64. The van der Waals surface area contributed by atoms with Crippen LogP contribution < -0.4 is 10.2 Å². The van der Waals surface area contributed by atoms with Crippen LogP contribution in [0.25, 0.3) is 0 Å². The molecule has 3 nitrogen and oxygen atoms in total. The topological polar surface area (TPSA) is 32.3 Å². The molecule has 22 heavy (non-hydrogen) atoms. The maximum Gasteiger partial charge on any atom is 0.397 e. The summed E-state index contributed by atoms with van der Waals surface area (Å²) in [5, 5.41) is 3.02. The lowest BCUT2D eigenvalue weighted by Crippen LogP contribution is -2.33. The van der Waals surface area contributed by atoms with Gasteiger partial charge in [-0.2, -0.15) is 13.2 Å². The first-order chi connectivity index (χ1) is 10.2. The second-order valence-electron chi connectivity index (χ2n) is 5.63. The lowest BCUT2D eigenvalue weighted by Gasteiger charge is -2.21. The molecule has 122 valence electrons. The summed E-state index contributed by atoms with van der Waals surface area (Å²) in [6.07, 6.45) is -5.04. The van der Waals surface area contributed by atoms with Gasteiger partial charge in [0.15, 0.2) is 0 Å². The molecule has 1 amide bonds. The SMILES string of the molecule is Cc1ccc(Cl)cc1N1CC[C@H](CNC(=O)CC(F)(F)F)C1. The van der Waals surface area contributed by atoms with E-state index in [4.69, 9.17) is 11.6 Å². The van der Waals surface area contributed by atoms with Gasteiger partial charge >= 0.3 is 6.18 Å². The molecule has 0 radical (unpaired) electrons. The van der Waals surface area contributed by atoms with Crippen molar-refractivity contribution in [2.45, 2.75) is 25.9 Å². The number of nitrogens with zero attached hydrogens (tertiary/aromatic N) is 1. The molecule has 1 aromatic carbocycles. The average Bonchev–Trinajstić information content (AvgIpc) is 2.86. The van der Waals surface area contributed by atoms with Crippen LogP contribution in [0.2, 0.25) is 5.02 Å². The van der Waals surface area contributed by atoms with Crippen LogP contribution in [0.1, 0.15) is 18.4 Å². The predicted octanol–water partition coefficient (Wildman–Crippen LogP) is 3.54. The highest BCUT2D eigenvalue weighted by Crippen LogP contribution is 2.29. The number of aryl methyl sites for hydroxylation is 1. The highest BCUT2D eigenvalue weighted by molar-refractivity contribution is 6.30. The molecule has 0 bridgehead atoms. The van der Waals surface area contributed by atoms with Gasteiger partial charge in [-0.25, -0.2) is 0 Å². The van der Waals surface area contributed by atoms with Crippen molar-refractivity contribution in [3.8, 4) is 0 Å². The Hall–Kier alpha value is -1.43. The van der Waals surface area contributed by atoms with E-state index in [-0.39, 0.29) is 12.5 Å². The molecule has 1 aromatic rings. The molecule has 1 atom stereocenters. The Balaban J connectivity index is 1.85. The molecule has 0 aliphatic carbocycles. The molecule has 1 aliphatic heterocycles. The molecule has 0 spiro atoms. The summed E-state index contributed by atoms with van der Waals surface area (Å²) < 4.78 is 36.3. The van der Waals surface area contributed by atoms with Gasteiger partial charge in [-0.1, -0.05) is 17.7 Å². The van der Waals surface area contributed by atoms with Crippen LogP contribution in [0.15, 0.2) is 18.2 Å². The van der Waals surface area contributed by atoms with Gasteiger partial charge < -0.3 is 10.2 Å². The minimum absolute atomic E-state index is 0.149. The number of rotatable bonds is 4. The predicted molar refractivity (Wildman–Crippen MR) is 80.2 cm³/mol. The van der Waals surface area contributed by atoms with Gasteiger partial charge in [0.05, 0.1) is 0 Å². The summed E-state index contributed by atoms with van der Waals surface area (Å²) in [6.45, 7) is 3.77. The number of carbonyl (C=O) groups is 1. The van der Waals surface area contributed by atoms with E-state index in [0.717, 1.165) is 24.2 Å². The van der Waals surface area contributed by atoms with Crippen molar-refractivity contribution in [1.29, 1.82) is 0 Å². The number of benzene rings is 1. The molecular formula is C15H18ClF3N2O. The third kappa shape index (κ3) is 4.80.